The fourth-order valence-corrected chi connectivity index (χ4v) is 4.01. The summed E-state index contributed by atoms with van der Waals surface area (Å²) in [7, 11) is 3.29. The van der Waals surface area contributed by atoms with Crippen LogP contribution in [0.4, 0.5) is 0 Å². The molecule has 29 heavy (non-hydrogen) atoms. The number of aromatic nitrogens is 1. The second kappa shape index (κ2) is 6.67. The van der Waals surface area contributed by atoms with Crippen LogP contribution in [0.25, 0.3) is 22.0 Å². The molecule has 0 atom stereocenters. The summed E-state index contributed by atoms with van der Waals surface area (Å²) in [5, 5.41) is 0.972. The van der Waals surface area contributed by atoms with Crippen LogP contribution in [0.5, 0.6) is 11.5 Å². The van der Waals surface area contributed by atoms with Crippen LogP contribution in [0, 0.1) is 0 Å². The molecule has 0 N–H and O–H groups in total. The van der Waals surface area contributed by atoms with Gasteiger partial charge in [0.2, 0.25) is 0 Å². The third-order valence-corrected chi connectivity index (χ3v) is 5.35. The van der Waals surface area contributed by atoms with Crippen LogP contribution >= 0.6 is 0 Å². The smallest absolute Gasteiger partial charge is 0.264 e. The van der Waals surface area contributed by atoms with E-state index < -0.39 is 0 Å². The van der Waals surface area contributed by atoms with Crippen LogP contribution in [-0.4, -0.2) is 24.7 Å². The number of hydrogen-bond acceptors (Lipinski definition) is 3. The maximum Gasteiger partial charge on any atom is 0.264 e. The quantitative estimate of drug-likeness (QED) is 0.483. The number of nitrogens with zero attached hydrogens (tertiary/aromatic N) is 1. The average Bonchev–Trinajstić information content (AvgIpc) is 3.28. The van der Waals surface area contributed by atoms with Crippen molar-refractivity contribution in [3.05, 3.63) is 95.7 Å². The molecule has 4 aromatic rings. The van der Waals surface area contributed by atoms with Crippen LogP contribution in [0.1, 0.15) is 21.6 Å². The van der Waals surface area contributed by atoms with Crippen molar-refractivity contribution in [2.24, 2.45) is 0 Å². The normalized spacial score (nSPS) is 13.1. The van der Waals surface area contributed by atoms with Gasteiger partial charge in [0, 0.05) is 11.0 Å². The molecule has 0 fully saturated rings. The summed E-state index contributed by atoms with van der Waals surface area (Å²) in [5.41, 5.74) is 5.22. The lowest BCUT2D eigenvalue weighted by atomic mass is 9.94. The predicted octanol–water partition coefficient (Wildman–Crippen LogP) is 5.27. The number of fused-ring (bicyclic) bond motifs is 3. The molecule has 0 amide bonds. The molecule has 142 valence electrons. The Bertz CT molecular complexity index is 1280. The highest BCUT2D eigenvalue weighted by Crippen LogP contribution is 2.43. The summed E-state index contributed by atoms with van der Waals surface area (Å²) in [6.07, 6.45) is 0. The molecule has 0 aliphatic carbocycles. The zero-order valence-corrected chi connectivity index (χ0v) is 16.2. The molecule has 0 bridgehead atoms. The van der Waals surface area contributed by atoms with Gasteiger partial charge in [-0.1, -0.05) is 42.5 Å². The van der Waals surface area contributed by atoms with Gasteiger partial charge in [0.1, 0.15) is 11.5 Å². The third-order valence-electron chi connectivity index (χ3n) is 5.35. The van der Waals surface area contributed by atoms with E-state index in [4.69, 9.17) is 9.47 Å². The predicted molar refractivity (Wildman–Crippen MR) is 114 cm³/mol. The van der Waals surface area contributed by atoms with Crippen molar-refractivity contribution in [2.45, 2.75) is 0 Å². The molecule has 0 unspecified atom stereocenters. The van der Waals surface area contributed by atoms with E-state index in [-0.39, 0.29) is 5.91 Å². The summed E-state index contributed by atoms with van der Waals surface area (Å²) >= 11 is 0. The largest absolute Gasteiger partial charge is 0.497 e. The van der Waals surface area contributed by atoms with Gasteiger partial charge in [-0.2, -0.15) is 0 Å². The van der Waals surface area contributed by atoms with Crippen molar-refractivity contribution in [1.29, 1.82) is 0 Å². The zero-order valence-electron chi connectivity index (χ0n) is 16.2. The van der Waals surface area contributed by atoms with Crippen LogP contribution in [-0.2, 0) is 0 Å². The van der Waals surface area contributed by atoms with Gasteiger partial charge >= 0.3 is 0 Å². The van der Waals surface area contributed by atoms with E-state index >= 15 is 0 Å². The first kappa shape index (κ1) is 17.3. The standard InChI is InChI=1S/C25H19NO3/c1-28-19-10-6-9-17(13-19)23-22-15-18-14-20(29-2)11-12-21(18)26(22)25(27)24(23)16-7-4-3-5-8-16/h3-15H,1-2H3. The van der Waals surface area contributed by atoms with E-state index in [0.717, 1.165) is 44.8 Å². The lowest BCUT2D eigenvalue weighted by Gasteiger charge is -2.09. The van der Waals surface area contributed by atoms with Crippen LogP contribution < -0.4 is 9.47 Å². The molecule has 0 radical (unpaired) electrons. The van der Waals surface area contributed by atoms with Crippen LogP contribution in [0.2, 0.25) is 0 Å². The highest BCUT2D eigenvalue weighted by molar-refractivity contribution is 6.35. The van der Waals surface area contributed by atoms with E-state index in [0.29, 0.717) is 5.57 Å². The summed E-state index contributed by atoms with van der Waals surface area (Å²) in [6, 6.07) is 25.5. The van der Waals surface area contributed by atoms with Crippen LogP contribution in [0.15, 0.2) is 78.9 Å². The number of rotatable bonds is 4. The maximum atomic E-state index is 13.6. The molecule has 0 saturated heterocycles. The van der Waals surface area contributed by atoms with Crippen molar-refractivity contribution in [3.63, 3.8) is 0 Å². The minimum Gasteiger partial charge on any atom is -0.497 e. The Morgan fingerprint density at radius 1 is 0.690 bits per heavy atom. The molecule has 0 spiro atoms. The zero-order chi connectivity index (χ0) is 20.0. The first-order chi connectivity index (χ1) is 14.2. The minimum absolute atomic E-state index is 0.0239. The number of carbonyl (C=O) groups is 1. The van der Waals surface area contributed by atoms with Crippen LogP contribution in [0.3, 0.4) is 0 Å². The summed E-state index contributed by atoms with van der Waals surface area (Å²) in [4.78, 5) is 13.6. The molecule has 1 aromatic heterocycles. The highest BCUT2D eigenvalue weighted by Gasteiger charge is 2.33. The van der Waals surface area contributed by atoms with Gasteiger partial charge in [-0.05, 0) is 47.5 Å². The van der Waals surface area contributed by atoms with Crippen molar-refractivity contribution < 1.29 is 14.3 Å². The fraction of sp³-hybridized carbons (Fsp3) is 0.0800. The van der Waals surface area contributed by atoms with Crippen molar-refractivity contribution in [1.82, 2.24) is 4.57 Å². The molecule has 0 saturated carbocycles. The minimum atomic E-state index is -0.0239. The monoisotopic (exact) mass is 381 g/mol. The topological polar surface area (TPSA) is 40.5 Å². The number of hydrogen-bond donors (Lipinski definition) is 0. The van der Waals surface area contributed by atoms with E-state index in [2.05, 4.69) is 6.07 Å². The molecule has 5 rings (SSSR count). The number of carbonyl (C=O) groups excluding carboxylic acids is 1. The Hall–Kier alpha value is -3.79. The molecule has 4 heteroatoms. The van der Waals surface area contributed by atoms with Gasteiger partial charge in [-0.25, -0.2) is 0 Å². The third kappa shape index (κ3) is 2.64. The van der Waals surface area contributed by atoms with Gasteiger partial charge in [0.25, 0.3) is 5.91 Å². The van der Waals surface area contributed by atoms with E-state index in [9.17, 15) is 4.79 Å². The van der Waals surface area contributed by atoms with E-state index in [1.165, 1.54) is 0 Å². The molecule has 3 aromatic carbocycles. The second-order valence-corrected chi connectivity index (χ2v) is 6.94. The summed E-state index contributed by atoms with van der Waals surface area (Å²) in [6.45, 7) is 0. The molecule has 4 nitrogen and oxygen atoms in total. The lowest BCUT2D eigenvalue weighted by Crippen LogP contribution is -2.07. The first-order valence-corrected chi connectivity index (χ1v) is 9.40. The number of methoxy groups -OCH3 is 2. The van der Waals surface area contributed by atoms with Gasteiger partial charge in [-0.15, -0.1) is 0 Å². The van der Waals surface area contributed by atoms with Gasteiger partial charge < -0.3 is 9.47 Å². The Morgan fingerprint density at radius 3 is 2.17 bits per heavy atom. The molecule has 2 heterocycles. The number of benzene rings is 3. The molecule has 1 aliphatic rings. The molecular formula is C25H19NO3. The van der Waals surface area contributed by atoms with E-state index in [1.807, 2.05) is 72.8 Å². The van der Waals surface area contributed by atoms with Crippen molar-refractivity contribution in [3.8, 4) is 11.5 Å². The van der Waals surface area contributed by atoms with Gasteiger partial charge in [0.15, 0.2) is 0 Å². The SMILES string of the molecule is COc1cccc(C2=C(c3ccccc3)C(=O)n3c2cc2cc(OC)ccc23)c1. The van der Waals surface area contributed by atoms with E-state index in [1.54, 1.807) is 18.8 Å². The van der Waals surface area contributed by atoms with Crippen molar-refractivity contribution >= 4 is 28.0 Å². The van der Waals surface area contributed by atoms with Gasteiger partial charge in [0.05, 0.1) is 31.0 Å². The Morgan fingerprint density at radius 2 is 1.41 bits per heavy atom. The van der Waals surface area contributed by atoms with Crippen molar-refractivity contribution in [2.75, 3.05) is 14.2 Å². The first-order valence-electron chi connectivity index (χ1n) is 9.40. The number of allylic oxidation sites excluding steroid dienone is 1. The Labute approximate surface area is 168 Å². The molecule has 1 aliphatic heterocycles. The highest BCUT2D eigenvalue weighted by atomic mass is 16.5. The average molecular weight is 381 g/mol. The maximum absolute atomic E-state index is 13.6. The Balaban J connectivity index is 1.83. The summed E-state index contributed by atoms with van der Waals surface area (Å²) in [5.74, 6) is 1.50. The summed E-state index contributed by atoms with van der Waals surface area (Å²) < 4.78 is 12.6. The number of ether oxygens (including phenoxy) is 2. The molecular weight excluding hydrogens is 362 g/mol. The fourth-order valence-electron chi connectivity index (χ4n) is 4.01. The van der Waals surface area contributed by atoms with Gasteiger partial charge in [-0.3, -0.25) is 9.36 Å². The second-order valence-electron chi connectivity index (χ2n) is 6.94. The lowest BCUT2D eigenvalue weighted by molar-refractivity contribution is 0.0989. The Kier molecular flexibility index (Phi) is 3.98.